The monoisotopic (exact) mass is 422 g/mol. The summed E-state index contributed by atoms with van der Waals surface area (Å²) >= 11 is 0. The summed E-state index contributed by atoms with van der Waals surface area (Å²) in [4.78, 5) is 10.9. The minimum Gasteiger partial charge on any atom is -0.370 e. The minimum atomic E-state index is 0.876. The van der Waals surface area contributed by atoms with Crippen molar-refractivity contribution in [1.82, 2.24) is 14.9 Å². The van der Waals surface area contributed by atoms with E-state index in [-0.39, 0.29) is 0 Å². The zero-order valence-electron chi connectivity index (χ0n) is 18.4. The van der Waals surface area contributed by atoms with E-state index in [1.807, 2.05) is 0 Å². The highest BCUT2D eigenvalue weighted by Crippen LogP contribution is 2.29. The number of aromatic amines is 1. The Balaban J connectivity index is 1.22. The van der Waals surface area contributed by atoms with Gasteiger partial charge in [0, 0.05) is 37.9 Å². The average molecular weight is 423 g/mol. The van der Waals surface area contributed by atoms with Crippen molar-refractivity contribution >= 4 is 22.4 Å². The van der Waals surface area contributed by atoms with Gasteiger partial charge in [0.1, 0.15) is 5.82 Å². The molecule has 2 N–H and O–H groups in total. The third-order valence-electron chi connectivity index (χ3n) is 6.28. The topological polar surface area (TPSA) is 44.0 Å². The van der Waals surface area contributed by atoms with Crippen LogP contribution in [0.15, 0.2) is 85.1 Å². The smallest absolute Gasteiger partial charge is 0.126 e. The molecule has 0 spiro atoms. The lowest BCUT2D eigenvalue weighted by molar-refractivity contribution is 0.306. The predicted octanol–water partition coefficient (Wildman–Crippen LogP) is 5.55. The van der Waals surface area contributed by atoms with Crippen LogP contribution in [-0.2, 0) is 12.8 Å². The van der Waals surface area contributed by atoms with Gasteiger partial charge in [0.2, 0.25) is 0 Å². The van der Waals surface area contributed by atoms with Crippen LogP contribution in [0.4, 0.5) is 5.82 Å². The molecule has 5 rings (SSSR count). The fourth-order valence-electron chi connectivity index (χ4n) is 4.41. The molecule has 4 aromatic rings. The zero-order chi connectivity index (χ0) is 21.6. The summed E-state index contributed by atoms with van der Waals surface area (Å²) in [7, 11) is 0. The molecule has 4 nitrogen and oxygen atoms in total. The molecule has 162 valence electrons. The van der Waals surface area contributed by atoms with Crippen LogP contribution >= 0.6 is 0 Å². The highest BCUT2D eigenvalue weighted by atomic mass is 15.1. The van der Waals surface area contributed by atoms with E-state index in [0.29, 0.717) is 0 Å². The maximum absolute atomic E-state index is 4.94. The van der Waals surface area contributed by atoms with Gasteiger partial charge in [0.25, 0.3) is 0 Å². The molecule has 0 unspecified atom stereocenters. The summed E-state index contributed by atoms with van der Waals surface area (Å²) in [6.45, 7) is 4.08. The van der Waals surface area contributed by atoms with E-state index < -0.39 is 0 Å². The lowest BCUT2D eigenvalue weighted by atomic mass is 10.0. The van der Waals surface area contributed by atoms with Gasteiger partial charge in [-0.15, -0.1) is 0 Å². The molecular formula is C28H30N4. The lowest BCUT2D eigenvalue weighted by Gasteiger charge is -2.26. The van der Waals surface area contributed by atoms with Crippen LogP contribution in [-0.4, -0.2) is 41.0 Å². The van der Waals surface area contributed by atoms with Crippen LogP contribution in [0.5, 0.6) is 0 Å². The summed E-state index contributed by atoms with van der Waals surface area (Å²) in [6, 6.07) is 25.5. The Morgan fingerprint density at radius 1 is 0.875 bits per heavy atom. The van der Waals surface area contributed by atoms with Gasteiger partial charge in [-0.1, -0.05) is 66.7 Å². The van der Waals surface area contributed by atoms with Crippen LogP contribution in [0, 0.1) is 0 Å². The molecule has 0 saturated carbocycles. The first-order chi connectivity index (χ1) is 15.8. The van der Waals surface area contributed by atoms with Crippen molar-refractivity contribution in [1.29, 1.82) is 0 Å². The van der Waals surface area contributed by atoms with Gasteiger partial charge in [-0.3, -0.25) is 4.90 Å². The van der Waals surface area contributed by atoms with E-state index >= 15 is 0 Å². The molecule has 2 aromatic carbocycles. The number of hydrogen-bond acceptors (Lipinski definition) is 3. The number of hydrogen-bond donors (Lipinski definition) is 2. The second-order valence-corrected chi connectivity index (χ2v) is 8.47. The number of nitrogens with zero attached hydrogens (tertiary/aromatic N) is 2. The van der Waals surface area contributed by atoms with Crippen LogP contribution in [0.1, 0.15) is 23.1 Å². The molecule has 1 aliphatic heterocycles. The van der Waals surface area contributed by atoms with Crippen molar-refractivity contribution in [2.45, 2.75) is 19.3 Å². The highest BCUT2D eigenvalue weighted by molar-refractivity contribution is 5.90. The summed E-state index contributed by atoms with van der Waals surface area (Å²) in [5, 5.41) is 3.49. The van der Waals surface area contributed by atoms with Gasteiger partial charge in [-0.2, -0.15) is 0 Å². The molecule has 4 heteroatoms. The molecule has 3 heterocycles. The Kier molecular flexibility index (Phi) is 6.31. The number of H-pyrrole nitrogens is 1. The second kappa shape index (κ2) is 9.84. The molecule has 0 fully saturated rings. The average Bonchev–Trinajstić information content (AvgIpc) is 3.28. The summed E-state index contributed by atoms with van der Waals surface area (Å²) in [5.41, 5.74) is 7.57. The quantitative estimate of drug-likeness (QED) is 0.391. The van der Waals surface area contributed by atoms with E-state index in [0.717, 1.165) is 62.3 Å². The maximum Gasteiger partial charge on any atom is 0.126 e. The molecule has 32 heavy (non-hydrogen) atoms. The normalized spacial score (nSPS) is 14.4. The van der Waals surface area contributed by atoms with Gasteiger partial charge < -0.3 is 10.3 Å². The van der Waals surface area contributed by atoms with Gasteiger partial charge in [0.05, 0.1) is 11.0 Å². The Hall–Kier alpha value is -3.37. The number of anilines is 1. The SMILES string of the molecule is C1=C(c2c[nH]c3ccc(NCCc4ccccc4)nc23)CCN(CCc2ccccc2)C1. The molecule has 0 bridgehead atoms. The fourth-order valence-corrected chi connectivity index (χ4v) is 4.41. The van der Waals surface area contributed by atoms with Crippen LogP contribution in [0.25, 0.3) is 16.6 Å². The van der Waals surface area contributed by atoms with Crippen LogP contribution < -0.4 is 5.32 Å². The molecule has 0 atom stereocenters. The van der Waals surface area contributed by atoms with E-state index in [4.69, 9.17) is 4.98 Å². The van der Waals surface area contributed by atoms with E-state index in [2.05, 4.69) is 100 Å². The lowest BCUT2D eigenvalue weighted by Crippen LogP contribution is -2.30. The predicted molar refractivity (Wildman–Crippen MR) is 134 cm³/mol. The molecule has 0 amide bonds. The van der Waals surface area contributed by atoms with Gasteiger partial charge in [-0.05, 0) is 48.1 Å². The summed E-state index contributed by atoms with van der Waals surface area (Å²) in [5.74, 6) is 0.940. The number of nitrogens with one attached hydrogen (secondary N) is 2. The first-order valence-electron chi connectivity index (χ1n) is 11.6. The number of aromatic nitrogens is 2. The molecule has 0 aliphatic carbocycles. The zero-order valence-corrected chi connectivity index (χ0v) is 18.4. The third-order valence-corrected chi connectivity index (χ3v) is 6.28. The fraction of sp³-hybridized carbons (Fsp3) is 0.250. The van der Waals surface area contributed by atoms with Gasteiger partial charge in [0.15, 0.2) is 0 Å². The Bertz CT molecular complexity index is 1180. The number of pyridine rings is 1. The minimum absolute atomic E-state index is 0.876. The van der Waals surface area contributed by atoms with Crippen molar-refractivity contribution in [2.75, 3.05) is 31.5 Å². The maximum atomic E-state index is 4.94. The highest BCUT2D eigenvalue weighted by Gasteiger charge is 2.16. The standard InChI is InChI=1S/C28H30N4/c1-3-7-22(8-4-1)13-17-29-27-12-11-26-28(31-27)25(21-30-26)24-15-19-32(20-16-24)18-14-23-9-5-2-6-10-23/h1-12,15,21,30H,13-14,16-20H2,(H,29,31). The first kappa shape index (κ1) is 20.5. The summed E-state index contributed by atoms with van der Waals surface area (Å²) in [6.07, 6.45) is 7.67. The second-order valence-electron chi connectivity index (χ2n) is 8.47. The van der Waals surface area contributed by atoms with E-state index in [9.17, 15) is 0 Å². The van der Waals surface area contributed by atoms with Crippen LogP contribution in [0.3, 0.4) is 0 Å². The third kappa shape index (κ3) is 4.92. The van der Waals surface area contributed by atoms with Crippen molar-refractivity contribution in [3.8, 4) is 0 Å². The van der Waals surface area contributed by atoms with Crippen molar-refractivity contribution < 1.29 is 0 Å². The Labute approximate surface area is 190 Å². The van der Waals surface area contributed by atoms with E-state index in [1.54, 1.807) is 0 Å². The number of fused-ring (bicyclic) bond motifs is 1. The molecule has 0 saturated heterocycles. The van der Waals surface area contributed by atoms with Gasteiger partial charge in [-0.25, -0.2) is 4.98 Å². The largest absolute Gasteiger partial charge is 0.370 e. The Morgan fingerprint density at radius 3 is 2.34 bits per heavy atom. The van der Waals surface area contributed by atoms with Crippen molar-refractivity contribution in [3.63, 3.8) is 0 Å². The van der Waals surface area contributed by atoms with Crippen molar-refractivity contribution in [2.24, 2.45) is 0 Å². The summed E-state index contributed by atoms with van der Waals surface area (Å²) < 4.78 is 0. The molecular weight excluding hydrogens is 392 g/mol. The van der Waals surface area contributed by atoms with Crippen molar-refractivity contribution in [3.05, 3.63) is 102 Å². The van der Waals surface area contributed by atoms with Gasteiger partial charge >= 0.3 is 0 Å². The molecule has 2 aromatic heterocycles. The number of benzene rings is 2. The molecule has 0 radical (unpaired) electrons. The van der Waals surface area contributed by atoms with Crippen LogP contribution in [0.2, 0.25) is 0 Å². The number of rotatable bonds is 8. The first-order valence-corrected chi connectivity index (χ1v) is 11.6. The Morgan fingerprint density at radius 2 is 1.62 bits per heavy atom. The van der Waals surface area contributed by atoms with E-state index in [1.165, 1.54) is 22.3 Å². The molecule has 1 aliphatic rings.